The molecule has 1 unspecified atom stereocenters. The summed E-state index contributed by atoms with van der Waals surface area (Å²) in [4.78, 5) is 20.4. The molecule has 1 aromatic heterocycles. The number of pyridine rings is 1. The van der Waals surface area contributed by atoms with Gasteiger partial charge in [-0.05, 0) is 55.6 Å². The predicted octanol–water partition coefficient (Wildman–Crippen LogP) is 3.58. The van der Waals surface area contributed by atoms with E-state index in [9.17, 15) is 4.79 Å². The third-order valence-corrected chi connectivity index (χ3v) is 8.15. The predicted molar refractivity (Wildman–Crippen MR) is 113 cm³/mol. The van der Waals surface area contributed by atoms with Gasteiger partial charge in [-0.3, -0.25) is 9.78 Å². The minimum Gasteiger partial charge on any atom is -0.381 e. The highest BCUT2D eigenvalue weighted by Gasteiger charge is 2.56. The number of hydrogen-bond donors (Lipinski definition) is 1. The minimum atomic E-state index is -0.157. The summed E-state index contributed by atoms with van der Waals surface area (Å²) in [7, 11) is 0. The van der Waals surface area contributed by atoms with Crippen molar-refractivity contribution in [1.29, 1.82) is 0 Å². The number of aromatic nitrogens is 1. The van der Waals surface area contributed by atoms with Gasteiger partial charge in [-0.15, -0.1) is 0 Å². The molecule has 2 saturated carbocycles. The van der Waals surface area contributed by atoms with Crippen LogP contribution in [-0.2, 0) is 22.5 Å². The van der Waals surface area contributed by atoms with Crippen molar-refractivity contribution in [1.82, 2.24) is 15.2 Å². The lowest BCUT2D eigenvalue weighted by molar-refractivity contribution is -0.144. The van der Waals surface area contributed by atoms with Crippen LogP contribution in [0, 0.1) is 17.3 Å². The number of hydrogen-bond acceptors (Lipinski definition) is 4. The zero-order valence-corrected chi connectivity index (χ0v) is 18.1. The summed E-state index contributed by atoms with van der Waals surface area (Å²) in [6.07, 6.45) is 9.22. The Balaban J connectivity index is 1.30. The van der Waals surface area contributed by atoms with Crippen LogP contribution in [0.3, 0.4) is 0 Å². The van der Waals surface area contributed by atoms with Gasteiger partial charge in [-0.25, -0.2) is 0 Å². The summed E-state index contributed by atoms with van der Waals surface area (Å²) in [5.74, 6) is 1.46. The number of ether oxygens (including phenoxy) is 1. The summed E-state index contributed by atoms with van der Waals surface area (Å²) in [5, 5.41) is 4.58. The number of nitrogens with zero attached hydrogens (tertiary/aromatic N) is 2. The number of halogens is 1. The minimum absolute atomic E-state index is 0.157. The average Bonchev–Trinajstić information content (AvgIpc) is 3.26. The second-order valence-corrected chi connectivity index (χ2v) is 10.2. The summed E-state index contributed by atoms with van der Waals surface area (Å²) < 4.78 is 5.61. The number of rotatable bonds is 3. The Morgan fingerprint density at radius 2 is 2.31 bits per heavy atom. The fourth-order valence-electron chi connectivity index (χ4n) is 6.43. The number of amides is 1. The van der Waals surface area contributed by atoms with E-state index in [1.165, 1.54) is 12.8 Å². The first-order chi connectivity index (χ1) is 14.0. The molecule has 4 aliphatic rings. The smallest absolute Gasteiger partial charge is 0.229 e. The molecule has 1 amide bonds. The van der Waals surface area contributed by atoms with E-state index >= 15 is 0 Å². The highest BCUT2D eigenvalue weighted by atomic mass is 35.5. The molecule has 1 aromatic rings. The lowest BCUT2D eigenvalue weighted by Crippen LogP contribution is -2.48. The molecule has 0 radical (unpaired) electrons. The largest absolute Gasteiger partial charge is 0.381 e. The molecule has 2 aliphatic carbocycles. The SMILES string of the molecule is C[C@@H]1COCC[C@H]1NC1C[C@H]2CCC[C@@]2(C(=O)N2CCc3ncc(Cl)cc3C2)C1. The average molecular weight is 418 g/mol. The number of carbonyl (C=O) groups is 1. The van der Waals surface area contributed by atoms with Crippen molar-refractivity contribution < 1.29 is 9.53 Å². The number of fused-ring (bicyclic) bond motifs is 2. The van der Waals surface area contributed by atoms with Crippen LogP contribution in [0.4, 0.5) is 0 Å². The van der Waals surface area contributed by atoms with Crippen molar-refractivity contribution in [2.24, 2.45) is 17.3 Å². The van der Waals surface area contributed by atoms with Gasteiger partial charge >= 0.3 is 0 Å². The zero-order valence-electron chi connectivity index (χ0n) is 17.3. The molecular weight excluding hydrogens is 386 g/mol. The first kappa shape index (κ1) is 19.8. The van der Waals surface area contributed by atoms with Gasteiger partial charge in [0.2, 0.25) is 5.91 Å². The highest BCUT2D eigenvalue weighted by Crippen LogP contribution is 2.55. The quantitative estimate of drug-likeness (QED) is 0.816. The van der Waals surface area contributed by atoms with Crippen LogP contribution in [0.5, 0.6) is 0 Å². The van der Waals surface area contributed by atoms with Gasteiger partial charge in [0, 0.05) is 50.1 Å². The molecular formula is C23H32ClN3O2. The molecule has 5 nitrogen and oxygen atoms in total. The van der Waals surface area contributed by atoms with E-state index in [0.29, 0.717) is 41.4 Å². The van der Waals surface area contributed by atoms with Crippen LogP contribution in [-0.4, -0.2) is 47.6 Å². The van der Waals surface area contributed by atoms with E-state index in [2.05, 4.69) is 22.1 Å². The fraction of sp³-hybridized carbons (Fsp3) is 0.739. The van der Waals surface area contributed by atoms with E-state index in [-0.39, 0.29) is 5.41 Å². The molecule has 3 heterocycles. The van der Waals surface area contributed by atoms with Crippen LogP contribution in [0.1, 0.15) is 56.7 Å². The standard InChI is InChI=1S/C23H32ClN3O2/c1-15-14-29-8-5-20(15)26-19-10-17-3-2-6-23(17,11-19)22(28)27-7-4-21-16(13-27)9-18(24)12-25-21/h9,12,15,17,19-20,26H,2-8,10-11,13-14H2,1H3/t15-,17-,19?,20-,23-/m1/s1. The summed E-state index contributed by atoms with van der Waals surface area (Å²) in [6.45, 7) is 5.42. The summed E-state index contributed by atoms with van der Waals surface area (Å²) >= 11 is 6.16. The van der Waals surface area contributed by atoms with E-state index in [4.69, 9.17) is 16.3 Å². The van der Waals surface area contributed by atoms with Crippen molar-refractivity contribution in [3.63, 3.8) is 0 Å². The molecule has 2 aliphatic heterocycles. The first-order valence-electron chi connectivity index (χ1n) is 11.3. The van der Waals surface area contributed by atoms with Crippen LogP contribution in [0.25, 0.3) is 0 Å². The van der Waals surface area contributed by atoms with Crippen molar-refractivity contribution in [2.75, 3.05) is 19.8 Å². The van der Waals surface area contributed by atoms with Gasteiger partial charge in [0.15, 0.2) is 0 Å². The Bertz CT molecular complexity index is 787. The maximum absolute atomic E-state index is 13.8. The third kappa shape index (κ3) is 3.60. The molecule has 5 rings (SSSR count). The molecule has 0 spiro atoms. The number of carbonyl (C=O) groups excluding carboxylic acids is 1. The fourth-order valence-corrected chi connectivity index (χ4v) is 6.62. The van der Waals surface area contributed by atoms with Crippen LogP contribution in [0.15, 0.2) is 12.3 Å². The van der Waals surface area contributed by atoms with Crippen LogP contribution < -0.4 is 5.32 Å². The highest BCUT2D eigenvalue weighted by molar-refractivity contribution is 6.30. The molecule has 29 heavy (non-hydrogen) atoms. The van der Waals surface area contributed by atoms with Gasteiger partial charge in [0.05, 0.1) is 17.0 Å². The van der Waals surface area contributed by atoms with Gasteiger partial charge in [-0.1, -0.05) is 24.9 Å². The molecule has 1 N–H and O–H groups in total. The third-order valence-electron chi connectivity index (χ3n) is 7.95. The van der Waals surface area contributed by atoms with E-state index < -0.39 is 0 Å². The molecule has 3 fully saturated rings. The van der Waals surface area contributed by atoms with Gasteiger partial charge in [0.1, 0.15) is 0 Å². The van der Waals surface area contributed by atoms with Crippen molar-refractivity contribution in [3.05, 3.63) is 28.5 Å². The van der Waals surface area contributed by atoms with Crippen molar-refractivity contribution in [3.8, 4) is 0 Å². The Labute approximate surface area is 178 Å². The Hall–Kier alpha value is -1.17. The Morgan fingerprint density at radius 1 is 1.41 bits per heavy atom. The summed E-state index contributed by atoms with van der Waals surface area (Å²) in [5.41, 5.74) is 2.06. The van der Waals surface area contributed by atoms with E-state index in [1.807, 2.05) is 6.07 Å². The first-order valence-corrected chi connectivity index (χ1v) is 11.7. The lowest BCUT2D eigenvalue weighted by atomic mass is 9.78. The van der Waals surface area contributed by atoms with Gasteiger partial charge in [-0.2, -0.15) is 0 Å². The van der Waals surface area contributed by atoms with E-state index in [0.717, 1.165) is 63.1 Å². The maximum atomic E-state index is 13.8. The molecule has 5 atom stereocenters. The molecule has 158 valence electrons. The van der Waals surface area contributed by atoms with Crippen LogP contribution >= 0.6 is 11.6 Å². The second kappa shape index (κ2) is 7.82. The Morgan fingerprint density at radius 3 is 3.17 bits per heavy atom. The van der Waals surface area contributed by atoms with Gasteiger partial charge < -0.3 is 15.0 Å². The van der Waals surface area contributed by atoms with Gasteiger partial charge in [0.25, 0.3) is 0 Å². The van der Waals surface area contributed by atoms with Crippen molar-refractivity contribution in [2.45, 2.75) is 70.5 Å². The molecule has 0 bridgehead atoms. The second-order valence-electron chi connectivity index (χ2n) is 9.73. The zero-order chi connectivity index (χ0) is 20.0. The topological polar surface area (TPSA) is 54.5 Å². The molecule has 0 aromatic carbocycles. The molecule has 1 saturated heterocycles. The monoisotopic (exact) mass is 417 g/mol. The van der Waals surface area contributed by atoms with E-state index in [1.54, 1.807) is 6.20 Å². The van der Waals surface area contributed by atoms with Crippen molar-refractivity contribution >= 4 is 17.5 Å². The lowest BCUT2D eigenvalue weighted by Gasteiger charge is -2.37. The maximum Gasteiger partial charge on any atom is 0.229 e. The normalized spacial score (nSPS) is 36.7. The number of nitrogens with one attached hydrogen (secondary N) is 1. The molecule has 6 heteroatoms. The summed E-state index contributed by atoms with van der Waals surface area (Å²) in [6, 6.07) is 2.97. The van der Waals surface area contributed by atoms with Crippen LogP contribution in [0.2, 0.25) is 5.02 Å². The Kier molecular flexibility index (Phi) is 5.34.